The van der Waals surface area contributed by atoms with Crippen molar-refractivity contribution in [3.63, 3.8) is 0 Å². The van der Waals surface area contributed by atoms with Crippen LogP contribution in [0.5, 0.6) is 5.75 Å². The van der Waals surface area contributed by atoms with Crippen molar-refractivity contribution in [1.82, 2.24) is 30.2 Å². The molecule has 0 aliphatic carbocycles. The largest absolute Gasteiger partial charge is 0.507 e. The zero-order valence-corrected chi connectivity index (χ0v) is 12.5. The van der Waals surface area contributed by atoms with Gasteiger partial charge in [-0.05, 0) is 32.0 Å². The molecule has 9 nitrogen and oxygen atoms in total. The number of hydrogen-bond donors (Lipinski definition) is 2. The number of aromatic hydroxyl groups is 1. The molecule has 0 aliphatic rings. The van der Waals surface area contributed by atoms with E-state index in [1.54, 1.807) is 28.9 Å². The number of anilines is 1. The molecular weight excluding hydrogens is 296 g/mol. The van der Waals surface area contributed by atoms with Gasteiger partial charge < -0.3 is 5.11 Å². The summed E-state index contributed by atoms with van der Waals surface area (Å²) in [5.74, 6) is 0.558. The number of para-hydroxylation sites is 1. The number of aryl methyl sites for hydroxylation is 2. The van der Waals surface area contributed by atoms with Crippen LogP contribution in [0, 0.1) is 13.8 Å². The Morgan fingerprint density at radius 1 is 1.13 bits per heavy atom. The molecule has 0 atom stereocenters. The number of rotatable bonds is 4. The Balaban J connectivity index is 1.71. The summed E-state index contributed by atoms with van der Waals surface area (Å²) < 4.78 is 1.56. The molecule has 116 valence electrons. The van der Waals surface area contributed by atoms with E-state index < -0.39 is 0 Å². The summed E-state index contributed by atoms with van der Waals surface area (Å²) in [5.41, 5.74) is 4.92. The second-order valence-corrected chi connectivity index (χ2v) is 4.79. The Labute approximate surface area is 131 Å². The van der Waals surface area contributed by atoms with Gasteiger partial charge in [0.05, 0.1) is 11.9 Å². The lowest BCUT2D eigenvalue weighted by atomic mass is 10.2. The summed E-state index contributed by atoms with van der Waals surface area (Å²) in [7, 11) is 0. The Bertz CT molecular complexity index is 840. The fourth-order valence-corrected chi connectivity index (χ4v) is 1.94. The van der Waals surface area contributed by atoms with Crippen molar-refractivity contribution in [2.75, 3.05) is 5.43 Å². The first-order valence-corrected chi connectivity index (χ1v) is 6.81. The van der Waals surface area contributed by atoms with E-state index in [9.17, 15) is 5.11 Å². The van der Waals surface area contributed by atoms with Crippen molar-refractivity contribution >= 4 is 12.2 Å². The van der Waals surface area contributed by atoms with Crippen LogP contribution in [-0.4, -0.2) is 41.5 Å². The summed E-state index contributed by atoms with van der Waals surface area (Å²) in [6.45, 7) is 3.78. The Morgan fingerprint density at radius 3 is 2.52 bits per heavy atom. The van der Waals surface area contributed by atoms with Crippen LogP contribution in [0.15, 0.2) is 35.4 Å². The third-order valence-electron chi connectivity index (χ3n) is 2.97. The summed E-state index contributed by atoms with van der Waals surface area (Å²) in [5, 5.41) is 33.5. The highest BCUT2D eigenvalue weighted by molar-refractivity contribution is 5.83. The van der Waals surface area contributed by atoms with Crippen molar-refractivity contribution in [3.05, 3.63) is 47.3 Å². The monoisotopic (exact) mass is 310 g/mol. The number of aromatic nitrogens is 6. The Morgan fingerprint density at radius 2 is 1.87 bits per heavy atom. The topological polar surface area (TPSA) is 114 Å². The fourth-order valence-electron chi connectivity index (χ4n) is 1.94. The van der Waals surface area contributed by atoms with Gasteiger partial charge in [-0.3, -0.25) is 0 Å². The van der Waals surface area contributed by atoms with E-state index in [0.717, 1.165) is 11.4 Å². The van der Waals surface area contributed by atoms with Gasteiger partial charge in [-0.25, -0.2) is 10.1 Å². The van der Waals surface area contributed by atoms with Gasteiger partial charge in [-0.2, -0.15) is 10.2 Å². The predicted molar refractivity (Wildman–Crippen MR) is 83.5 cm³/mol. The lowest BCUT2D eigenvalue weighted by Gasteiger charge is -2.01. The van der Waals surface area contributed by atoms with Crippen LogP contribution in [0.1, 0.15) is 17.0 Å². The molecule has 2 aromatic heterocycles. The zero-order chi connectivity index (χ0) is 16.2. The van der Waals surface area contributed by atoms with E-state index in [-0.39, 0.29) is 17.6 Å². The van der Waals surface area contributed by atoms with E-state index in [0.29, 0.717) is 5.56 Å². The third-order valence-corrected chi connectivity index (χ3v) is 2.97. The summed E-state index contributed by atoms with van der Waals surface area (Å²) in [4.78, 5) is 0. The molecule has 0 fully saturated rings. The van der Waals surface area contributed by atoms with E-state index in [1.165, 1.54) is 6.21 Å². The molecule has 0 amide bonds. The first kappa shape index (κ1) is 14.6. The molecular formula is C14H14N8O. The zero-order valence-electron chi connectivity index (χ0n) is 12.5. The quantitative estimate of drug-likeness (QED) is 0.550. The van der Waals surface area contributed by atoms with Crippen LogP contribution >= 0.6 is 0 Å². The van der Waals surface area contributed by atoms with Gasteiger partial charge in [-0.15, -0.1) is 20.4 Å². The molecule has 1 aromatic carbocycles. The normalized spacial score (nSPS) is 11.0. The van der Waals surface area contributed by atoms with Crippen LogP contribution in [0.3, 0.4) is 0 Å². The minimum Gasteiger partial charge on any atom is -0.507 e. The van der Waals surface area contributed by atoms with Crippen LogP contribution in [0.2, 0.25) is 0 Å². The van der Waals surface area contributed by atoms with E-state index in [1.807, 2.05) is 19.9 Å². The van der Waals surface area contributed by atoms with Gasteiger partial charge in [0, 0.05) is 11.3 Å². The number of phenols is 1. The molecule has 0 spiro atoms. The summed E-state index contributed by atoms with van der Waals surface area (Å²) >= 11 is 0. The van der Waals surface area contributed by atoms with Crippen molar-refractivity contribution in [1.29, 1.82) is 0 Å². The molecule has 0 aliphatic heterocycles. The first-order chi connectivity index (χ1) is 11.1. The van der Waals surface area contributed by atoms with Crippen LogP contribution in [0.25, 0.3) is 5.95 Å². The van der Waals surface area contributed by atoms with Gasteiger partial charge in [0.15, 0.2) is 0 Å². The van der Waals surface area contributed by atoms with Crippen LogP contribution < -0.4 is 5.43 Å². The number of hydrazone groups is 1. The highest BCUT2D eigenvalue weighted by Gasteiger charge is 2.08. The van der Waals surface area contributed by atoms with E-state index >= 15 is 0 Å². The Hall–Kier alpha value is -3.36. The second kappa shape index (κ2) is 6.18. The van der Waals surface area contributed by atoms with Crippen molar-refractivity contribution in [2.45, 2.75) is 13.8 Å². The number of hydrogen-bond acceptors (Lipinski definition) is 8. The molecule has 3 aromatic rings. The SMILES string of the molecule is Cc1cc(C)n(-c2nnc(N/N=C\c3ccccc3O)nn2)n1. The number of phenolic OH excluding ortho intramolecular Hbond substituents is 1. The first-order valence-electron chi connectivity index (χ1n) is 6.81. The van der Waals surface area contributed by atoms with Gasteiger partial charge in [0.2, 0.25) is 0 Å². The van der Waals surface area contributed by atoms with Crippen molar-refractivity contribution < 1.29 is 5.11 Å². The van der Waals surface area contributed by atoms with E-state index in [2.05, 4.69) is 36.0 Å². The number of nitrogens with zero attached hydrogens (tertiary/aromatic N) is 7. The van der Waals surface area contributed by atoms with Crippen molar-refractivity contribution in [2.24, 2.45) is 5.10 Å². The highest BCUT2D eigenvalue weighted by Crippen LogP contribution is 2.12. The van der Waals surface area contributed by atoms with Crippen LogP contribution in [-0.2, 0) is 0 Å². The summed E-state index contributed by atoms with van der Waals surface area (Å²) in [6.07, 6.45) is 1.45. The van der Waals surface area contributed by atoms with E-state index in [4.69, 9.17) is 0 Å². The molecule has 9 heteroatoms. The van der Waals surface area contributed by atoms with Gasteiger partial charge in [0.25, 0.3) is 11.9 Å². The third kappa shape index (κ3) is 3.28. The molecule has 0 unspecified atom stereocenters. The maximum Gasteiger partial charge on any atom is 0.289 e. The van der Waals surface area contributed by atoms with Crippen molar-refractivity contribution in [3.8, 4) is 11.7 Å². The molecule has 2 N–H and O–H groups in total. The second-order valence-electron chi connectivity index (χ2n) is 4.79. The lowest BCUT2D eigenvalue weighted by Crippen LogP contribution is -2.10. The van der Waals surface area contributed by atoms with Gasteiger partial charge in [-0.1, -0.05) is 12.1 Å². The molecule has 23 heavy (non-hydrogen) atoms. The predicted octanol–water partition coefficient (Wildman–Crippen LogP) is 1.22. The molecule has 0 radical (unpaired) electrons. The lowest BCUT2D eigenvalue weighted by molar-refractivity contribution is 0.474. The minimum absolute atomic E-state index is 0.134. The van der Waals surface area contributed by atoms with Gasteiger partial charge >= 0.3 is 0 Å². The standard InChI is InChI=1S/C14H14N8O/c1-9-7-10(2)22(21-9)14-19-17-13(18-20-14)16-15-8-11-5-3-4-6-12(11)23/h3-8,23H,1-2H3,(H,16,17,18)/b15-8-. The number of benzene rings is 1. The summed E-state index contributed by atoms with van der Waals surface area (Å²) in [6, 6.07) is 8.73. The Kier molecular flexibility index (Phi) is 3.91. The molecule has 0 saturated heterocycles. The van der Waals surface area contributed by atoms with Crippen LogP contribution in [0.4, 0.5) is 5.95 Å². The highest BCUT2D eigenvalue weighted by atomic mass is 16.3. The molecule has 0 bridgehead atoms. The molecule has 2 heterocycles. The van der Waals surface area contributed by atoms with Gasteiger partial charge in [0.1, 0.15) is 5.75 Å². The minimum atomic E-state index is 0.134. The molecule has 0 saturated carbocycles. The maximum absolute atomic E-state index is 9.61. The maximum atomic E-state index is 9.61. The number of nitrogens with one attached hydrogen (secondary N) is 1. The fraction of sp³-hybridized carbons (Fsp3) is 0.143. The smallest absolute Gasteiger partial charge is 0.289 e. The molecule has 3 rings (SSSR count). The average molecular weight is 310 g/mol. The average Bonchev–Trinajstić information content (AvgIpc) is 2.88.